The first kappa shape index (κ1) is 27.9. The van der Waals surface area contributed by atoms with Gasteiger partial charge in [0.15, 0.2) is 5.72 Å². The average molecular weight is 557 g/mol. The van der Waals surface area contributed by atoms with Crippen LogP contribution in [0, 0.1) is 0 Å². The Bertz CT molecular complexity index is 1620. The number of benzene rings is 3. The highest BCUT2D eigenvalue weighted by Crippen LogP contribution is 2.45. The Morgan fingerprint density at radius 3 is 2.33 bits per heavy atom. The van der Waals surface area contributed by atoms with E-state index < -0.39 is 24.0 Å². The molecule has 5 rings (SSSR count). The topological polar surface area (TPSA) is 159 Å². The van der Waals surface area contributed by atoms with Crippen LogP contribution in [0.5, 0.6) is 0 Å². The summed E-state index contributed by atoms with van der Waals surface area (Å²) in [6.07, 6.45) is -6.32. The Labute approximate surface area is 224 Å². The predicted molar refractivity (Wildman–Crippen MR) is 138 cm³/mol. The number of carboxylic acids is 1. The van der Waals surface area contributed by atoms with E-state index in [0.717, 1.165) is 5.69 Å². The van der Waals surface area contributed by atoms with Crippen LogP contribution in [0.2, 0.25) is 0 Å². The minimum atomic E-state index is -5.08. The third-order valence-corrected chi connectivity index (χ3v) is 6.02. The number of hydrogen-bond donors (Lipinski definition) is 5. The maximum Gasteiger partial charge on any atom is 0.490 e. The summed E-state index contributed by atoms with van der Waals surface area (Å²) in [7, 11) is 3.81. The quantitative estimate of drug-likeness (QED) is 0.250. The van der Waals surface area contributed by atoms with E-state index in [2.05, 4.69) is 15.3 Å². The number of fused-ring (bicyclic) bond motifs is 2. The minimum absolute atomic E-state index is 0.0695. The van der Waals surface area contributed by atoms with E-state index in [0.29, 0.717) is 33.4 Å². The van der Waals surface area contributed by atoms with Gasteiger partial charge in [0.1, 0.15) is 0 Å². The largest absolute Gasteiger partial charge is 0.490 e. The monoisotopic (exact) mass is 557 g/mol. The Morgan fingerprint density at radius 1 is 1.02 bits per heavy atom. The number of halogens is 3. The fourth-order valence-corrected chi connectivity index (χ4v) is 4.25. The van der Waals surface area contributed by atoms with Crippen LogP contribution < -0.4 is 15.1 Å². The molecule has 0 saturated carbocycles. The van der Waals surface area contributed by atoms with Gasteiger partial charge in [-0.15, -0.1) is 0 Å². The molecule has 1 atom stereocenters. The number of carbonyl (C=O) groups excluding carboxylic acids is 1. The molecule has 4 aromatic rings. The van der Waals surface area contributed by atoms with E-state index in [9.17, 15) is 27.9 Å². The van der Waals surface area contributed by atoms with Crippen LogP contribution >= 0.6 is 0 Å². The number of hydrogen-bond acceptors (Lipinski definition) is 6. The molecule has 1 unspecified atom stereocenters. The number of imidazole rings is 1. The van der Waals surface area contributed by atoms with Gasteiger partial charge in [-0.2, -0.15) is 13.2 Å². The summed E-state index contributed by atoms with van der Waals surface area (Å²) in [5.74, 6) is -3.01. The molecule has 2 amide bonds. The fourth-order valence-electron chi connectivity index (χ4n) is 4.25. The number of nitrogens with one attached hydrogen (secondary N) is 2. The maximum absolute atomic E-state index is 13.5. The lowest BCUT2D eigenvalue weighted by Gasteiger charge is -2.35. The van der Waals surface area contributed by atoms with E-state index >= 15 is 0 Å². The number of nitrogens with zero attached hydrogens (tertiary/aromatic N) is 3. The maximum atomic E-state index is 13.5. The Kier molecular flexibility index (Phi) is 7.13. The zero-order chi connectivity index (χ0) is 29.4. The second-order valence-electron chi connectivity index (χ2n) is 8.82. The van der Waals surface area contributed by atoms with E-state index in [1.165, 1.54) is 4.90 Å². The van der Waals surface area contributed by atoms with Gasteiger partial charge in [0.2, 0.25) is 5.95 Å². The van der Waals surface area contributed by atoms with Crippen molar-refractivity contribution in [2.75, 3.05) is 29.2 Å². The number of carbonyl (C=O) groups is 3. The molecule has 1 aliphatic rings. The van der Waals surface area contributed by atoms with Crippen molar-refractivity contribution in [3.63, 3.8) is 0 Å². The van der Waals surface area contributed by atoms with Crippen LogP contribution in [0.15, 0.2) is 66.7 Å². The lowest BCUT2D eigenvalue weighted by atomic mass is 9.93. The van der Waals surface area contributed by atoms with Gasteiger partial charge in [0.05, 0.1) is 11.0 Å². The summed E-state index contributed by atoms with van der Waals surface area (Å²) < 4.78 is 31.7. The Morgan fingerprint density at radius 2 is 1.70 bits per heavy atom. The molecule has 5 N–H and O–H groups in total. The number of aromatic amines is 1. The van der Waals surface area contributed by atoms with Gasteiger partial charge < -0.3 is 25.2 Å². The molecule has 0 radical (unpaired) electrons. The highest BCUT2D eigenvalue weighted by molar-refractivity contribution is 6.12. The standard InChI is InChI=1S/C24H21N5O4.C2HF3O2/c1-28(2)15-6-5-7-16(13-15)29-21(30)17-8-3-4-9-18(17)24(29,33)14-10-11-19-20(12-14)26-22(25-19)27-23(31)32;3-2(4,5)1(6)7/h3-13,33H,1-2H3,(H,31,32)(H2,25,26,27);(H,6,7). The fraction of sp³-hybridized carbons (Fsp3) is 0.154. The van der Waals surface area contributed by atoms with Gasteiger partial charge in [-0.1, -0.05) is 30.3 Å². The van der Waals surface area contributed by atoms with Gasteiger partial charge in [-0.25, -0.2) is 14.6 Å². The summed E-state index contributed by atoms with van der Waals surface area (Å²) in [5, 5.41) is 30.5. The number of carboxylic acid groups (broad SMARTS) is 2. The van der Waals surface area contributed by atoms with Crippen LogP contribution in [0.3, 0.4) is 0 Å². The molecule has 0 aliphatic carbocycles. The molecule has 1 aromatic heterocycles. The Hall–Kier alpha value is -5.11. The van der Waals surface area contributed by atoms with Crippen molar-refractivity contribution in [1.82, 2.24) is 9.97 Å². The molecule has 2 heterocycles. The summed E-state index contributed by atoms with van der Waals surface area (Å²) in [5.41, 5.74) is 2.00. The lowest BCUT2D eigenvalue weighted by molar-refractivity contribution is -0.192. The highest BCUT2D eigenvalue weighted by atomic mass is 19.4. The van der Waals surface area contributed by atoms with E-state index in [-0.39, 0.29) is 11.9 Å². The number of aliphatic carboxylic acids is 1. The number of aromatic nitrogens is 2. The molecule has 3 aromatic carbocycles. The van der Waals surface area contributed by atoms with Crippen molar-refractivity contribution in [2.24, 2.45) is 0 Å². The van der Waals surface area contributed by atoms with E-state index in [1.807, 2.05) is 37.2 Å². The average Bonchev–Trinajstić information content (AvgIpc) is 3.39. The first-order chi connectivity index (χ1) is 18.7. The van der Waals surface area contributed by atoms with Crippen LogP contribution in [0.25, 0.3) is 11.0 Å². The van der Waals surface area contributed by atoms with Gasteiger partial charge in [0, 0.05) is 42.2 Å². The molecule has 1 aliphatic heterocycles. The summed E-state index contributed by atoms with van der Waals surface area (Å²) in [6, 6.07) is 19.4. The first-order valence-electron chi connectivity index (χ1n) is 11.5. The first-order valence-corrected chi connectivity index (χ1v) is 11.5. The van der Waals surface area contributed by atoms with Crippen molar-refractivity contribution in [3.8, 4) is 0 Å². The number of amides is 2. The van der Waals surface area contributed by atoms with Crippen molar-refractivity contribution < 1.29 is 42.9 Å². The molecule has 14 heteroatoms. The molecule has 0 spiro atoms. The predicted octanol–water partition coefficient (Wildman–Crippen LogP) is 4.21. The van der Waals surface area contributed by atoms with Crippen LogP contribution in [-0.2, 0) is 10.5 Å². The summed E-state index contributed by atoms with van der Waals surface area (Å²) >= 11 is 0. The van der Waals surface area contributed by atoms with Crippen molar-refractivity contribution in [2.45, 2.75) is 11.9 Å². The Balaban J connectivity index is 0.000000470. The molecule has 0 saturated heterocycles. The van der Waals surface area contributed by atoms with Gasteiger partial charge >= 0.3 is 18.2 Å². The molecular weight excluding hydrogens is 535 g/mol. The number of H-pyrrole nitrogens is 1. The highest BCUT2D eigenvalue weighted by Gasteiger charge is 2.50. The van der Waals surface area contributed by atoms with Crippen LogP contribution in [0.4, 0.5) is 35.3 Å². The van der Waals surface area contributed by atoms with E-state index in [4.69, 9.17) is 15.0 Å². The summed E-state index contributed by atoms with van der Waals surface area (Å²) in [4.78, 5) is 43.8. The van der Waals surface area contributed by atoms with Crippen LogP contribution in [-0.4, -0.2) is 63.5 Å². The molecule has 208 valence electrons. The van der Waals surface area contributed by atoms with E-state index in [1.54, 1.807) is 48.5 Å². The number of aliphatic hydroxyl groups is 1. The molecule has 40 heavy (non-hydrogen) atoms. The van der Waals surface area contributed by atoms with Gasteiger partial charge in [0.25, 0.3) is 5.91 Å². The van der Waals surface area contributed by atoms with Gasteiger partial charge in [-0.3, -0.25) is 15.0 Å². The lowest BCUT2D eigenvalue weighted by Crippen LogP contribution is -2.45. The molecule has 11 nitrogen and oxygen atoms in total. The molecule has 0 bridgehead atoms. The molecular formula is C26H22F3N5O6. The normalized spacial score (nSPS) is 16.2. The zero-order valence-electron chi connectivity index (χ0n) is 20.9. The summed E-state index contributed by atoms with van der Waals surface area (Å²) in [6.45, 7) is 0. The van der Waals surface area contributed by atoms with Crippen molar-refractivity contribution in [3.05, 3.63) is 83.4 Å². The third-order valence-electron chi connectivity index (χ3n) is 6.02. The number of alkyl halides is 3. The molecule has 0 fully saturated rings. The second-order valence-corrected chi connectivity index (χ2v) is 8.82. The number of rotatable bonds is 4. The zero-order valence-corrected chi connectivity index (χ0v) is 20.9. The number of anilines is 3. The smallest absolute Gasteiger partial charge is 0.475 e. The van der Waals surface area contributed by atoms with Crippen molar-refractivity contribution >= 4 is 46.3 Å². The van der Waals surface area contributed by atoms with Gasteiger partial charge in [-0.05, 0) is 36.4 Å². The second kappa shape index (κ2) is 10.2. The SMILES string of the molecule is CN(C)c1cccc(N2C(=O)c3ccccc3C2(O)c2ccc3nc(NC(=O)O)[nH]c3c2)c1.O=C(O)C(F)(F)F. The minimum Gasteiger partial charge on any atom is -0.475 e. The third kappa shape index (κ3) is 5.11. The van der Waals surface area contributed by atoms with Crippen LogP contribution in [0.1, 0.15) is 21.5 Å². The van der Waals surface area contributed by atoms with Crippen molar-refractivity contribution in [1.29, 1.82) is 0 Å².